The molecule has 4 N–H and O–H groups in total. The fraction of sp³-hybridized carbons (Fsp3) is 0.494. The van der Waals surface area contributed by atoms with Crippen molar-refractivity contribution >= 4 is 70.9 Å². The molecule has 572 valence electrons. The lowest BCUT2D eigenvalue weighted by atomic mass is 9.44. The number of ether oxygens (including phenoxy) is 7. The highest BCUT2D eigenvalue weighted by atomic mass is 16.6. The average molecular weight is 1470 g/mol. The summed E-state index contributed by atoms with van der Waals surface area (Å²) in [5.74, 6) is -13.0. The Bertz CT molecular complexity index is 3990. The van der Waals surface area contributed by atoms with Crippen molar-refractivity contribution in [3.8, 4) is 0 Å². The topological polar surface area (TPSA) is 317 Å². The second-order valence-electron chi connectivity index (χ2n) is 29.7. The summed E-state index contributed by atoms with van der Waals surface area (Å²) in [5, 5.41) is 29.5. The number of aliphatic hydroxyl groups is 1. The lowest BCUT2D eigenvalue weighted by Crippen LogP contribution is -2.82. The highest BCUT2D eigenvalue weighted by Gasteiger charge is 2.79. The van der Waals surface area contributed by atoms with Crippen molar-refractivity contribution in [3.63, 3.8) is 0 Å². The second kappa shape index (κ2) is 37.2. The van der Waals surface area contributed by atoms with Crippen LogP contribution in [0, 0.1) is 16.7 Å². The number of esters is 6. The molecule has 2 saturated carbocycles. The van der Waals surface area contributed by atoms with Gasteiger partial charge in [0, 0.05) is 49.8 Å². The number of nitrogens with one attached hydrogen (secondary N) is 2. The van der Waals surface area contributed by atoms with Crippen LogP contribution < -0.4 is 10.6 Å². The molecule has 3 aliphatic carbocycles. The van der Waals surface area contributed by atoms with Gasteiger partial charge in [-0.2, -0.15) is 0 Å². The number of carbonyl (C=O) groups excluding carboxylic acids is 10. The minimum atomic E-state index is -2.68. The number of amides is 2. The lowest BCUT2D eigenvalue weighted by molar-refractivity contribution is -0.346. The van der Waals surface area contributed by atoms with E-state index >= 15 is 14.4 Å². The first-order valence-corrected chi connectivity index (χ1v) is 37.7. The number of carboxylic acids is 1. The van der Waals surface area contributed by atoms with E-state index in [0.717, 1.165) is 45.1 Å². The molecule has 2 amide bonds. The van der Waals surface area contributed by atoms with Gasteiger partial charge in [-0.15, -0.1) is 0 Å². The molecule has 11 atom stereocenters. The fourth-order valence-electron chi connectivity index (χ4n) is 16.0. The van der Waals surface area contributed by atoms with Gasteiger partial charge in [0.15, 0.2) is 17.5 Å². The van der Waals surface area contributed by atoms with E-state index in [4.69, 9.17) is 33.2 Å². The molecule has 2 bridgehead atoms. The molecule has 0 aromatic heterocycles. The maximum atomic E-state index is 16.7. The van der Waals surface area contributed by atoms with Gasteiger partial charge in [0.2, 0.25) is 12.0 Å². The summed E-state index contributed by atoms with van der Waals surface area (Å²) in [6, 6.07) is 34.7. The van der Waals surface area contributed by atoms with Crippen LogP contribution >= 0.6 is 0 Å². The highest BCUT2D eigenvalue weighted by Crippen LogP contribution is 2.65. The molecule has 5 aromatic carbocycles. The van der Waals surface area contributed by atoms with Crippen LogP contribution in [-0.2, 0) is 84.4 Å². The largest absolute Gasteiger partial charge is 0.478 e. The summed E-state index contributed by atoms with van der Waals surface area (Å²) >= 11 is 0. The van der Waals surface area contributed by atoms with E-state index < -0.39 is 168 Å². The van der Waals surface area contributed by atoms with Crippen molar-refractivity contribution in [1.82, 2.24) is 5.32 Å². The number of unbranched alkanes of at least 4 members (excludes halogenated alkanes) is 15. The molecule has 1 aliphatic heterocycles. The van der Waals surface area contributed by atoms with Crippen LogP contribution in [0.2, 0.25) is 0 Å². The Kier molecular flexibility index (Phi) is 28.3. The zero-order valence-corrected chi connectivity index (χ0v) is 62.4. The van der Waals surface area contributed by atoms with E-state index in [1.54, 1.807) is 78.9 Å². The minimum Gasteiger partial charge on any atom is -0.478 e. The first-order chi connectivity index (χ1) is 51.2. The third-order valence-corrected chi connectivity index (χ3v) is 21.8. The smallest absolute Gasteiger partial charge is 0.350 e. The van der Waals surface area contributed by atoms with E-state index in [-0.39, 0.29) is 39.8 Å². The Hall–Kier alpha value is -9.67. The zero-order chi connectivity index (χ0) is 77.1. The Labute approximate surface area is 625 Å². The molecule has 5 aromatic rings. The van der Waals surface area contributed by atoms with Crippen LogP contribution in [0.4, 0.5) is 5.69 Å². The summed E-state index contributed by atoms with van der Waals surface area (Å²) in [7, 11) is 0. The molecule has 4 aliphatic rings. The standard InChI is InChI=1S/C85H102N2O20/c1-8-9-10-11-12-13-14-15-16-17-18-19-20-21-22-26-33-57-42-46-63(47-43-57)86-68(91)51-70(93)105-74(72(59-34-27-23-28-35-59)87-78(95)60-36-29-24-30-37-60)81(99)103-65-52-85(100)77(106-80(98)62-38-31-25-32-39-62)75-83(7,76(94)73(102-55(3)88)71(54(65)2)82(85,5)6)66(50-67-84(75,53-101-67)107-56(4)89)104-69(92)49-64(90)48-58-40-44-61(45-41-58)79(96)97/h23-25,27-32,34-47,65-67,72-75,77,100H,8-22,26,33,48-53H2,1-7H3,(H,86,91)(H,87,95)(H,96,97)/t65-,66?,67+,72-,73+,74+,75-,77-,83+,84-,85+/m0/s1. The zero-order valence-electron chi connectivity index (χ0n) is 62.4. The van der Waals surface area contributed by atoms with Crippen molar-refractivity contribution in [2.75, 3.05) is 11.9 Å². The Morgan fingerprint density at radius 1 is 0.607 bits per heavy atom. The van der Waals surface area contributed by atoms with Crippen LogP contribution in [0.5, 0.6) is 0 Å². The van der Waals surface area contributed by atoms with Gasteiger partial charge in [0.05, 0.1) is 29.1 Å². The maximum absolute atomic E-state index is 16.7. The number of aromatic carboxylic acids is 1. The number of benzene rings is 5. The molecule has 1 unspecified atom stereocenters. The number of hydrogen-bond donors (Lipinski definition) is 4. The quantitative estimate of drug-likeness (QED) is 0.00943. The Morgan fingerprint density at radius 2 is 1.16 bits per heavy atom. The fourth-order valence-corrected chi connectivity index (χ4v) is 16.0. The molecule has 0 spiro atoms. The minimum absolute atomic E-state index is 0.00113. The number of aryl methyl sites for hydroxylation is 1. The van der Waals surface area contributed by atoms with Crippen molar-refractivity contribution in [3.05, 3.63) is 184 Å². The third kappa shape index (κ3) is 19.9. The monoisotopic (exact) mass is 1470 g/mol. The predicted molar refractivity (Wildman–Crippen MR) is 395 cm³/mol. The van der Waals surface area contributed by atoms with E-state index in [1.165, 1.54) is 160 Å². The highest BCUT2D eigenvalue weighted by molar-refractivity contribution is 6.03. The first kappa shape index (κ1) is 81.4. The molecular formula is C85H102N2O20. The lowest BCUT2D eigenvalue weighted by Gasteiger charge is -2.67. The van der Waals surface area contributed by atoms with Crippen molar-refractivity contribution in [1.29, 1.82) is 0 Å². The van der Waals surface area contributed by atoms with Crippen molar-refractivity contribution in [2.45, 2.75) is 244 Å². The number of Topliss-reactive ketones (excluding diaryl/α,β-unsaturated/α-hetero) is 2. The second-order valence-corrected chi connectivity index (χ2v) is 29.7. The SMILES string of the molecule is CCCCCCCCCCCCCCCCCCc1ccc(NC(=O)CC(=O)O[C@@H](C(=O)O[C@H]2C[C@@]3(O)[C@@H](OC(=O)c4ccccc4)[C@@H]4[C@]5(OC(C)=O)CO[C@@H]5CC(OC(=O)CC(=O)Cc5ccc(C(=O)O)cc5)[C@@]4(C)C(=O)[C@H](OC(C)=O)C(=C2C)C3(C)C)[C@@H](NC(=O)c2ccccc2)c2ccccc2)cc1. The molecule has 22 heteroatoms. The molecule has 1 heterocycles. The van der Waals surface area contributed by atoms with Gasteiger partial charge in [0.1, 0.15) is 54.7 Å². The van der Waals surface area contributed by atoms with Gasteiger partial charge in [0.25, 0.3) is 5.91 Å². The summed E-state index contributed by atoms with van der Waals surface area (Å²) in [4.78, 5) is 157. The normalized spacial score (nSPS) is 23.1. The van der Waals surface area contributed by atoms with E-state index in [9.17, 15) is 48.6 Å². The summed E-state index contributed by atoms with van der Waals surface area (Å²) in [6.45, 7) is 9.63. The predicted octanol–water partition coefficient (Wildman–Crippen LogP) is 13.6. The van der Waals surface area contributed by atoms with E-state index in [2.05, 4.69) is 17.6 Å². The number of rotatable bonds is 37. The van der Waals surface area contributed by atoms with Gasteiger partial charge in [-0.25, -0.2) is 14.4 Å². The van der Waals surface area contributed by atoms with Crippen LogP contribution in [0.25, 0.3) is 0 Å². The van der Waals surface area contributed by atoms with Crippen LogP contribution in [0.1, 0.15) is 231 Å². The van der Waals surface area contributed by atoms with Crippen LogP contribution in [0.3, 0.4) is 0 Å². The number of carboxylic acid groups (broad SMARTS) is 1. The van der Waals surface area contributed by atoms with E-state index in [1.807, 2.05) is 12.1 Å². The third-order valence-electron chi connectivity index (χ3n) is 21.8. The van der Waals surface area contributed by atoms with Crippen molar-refractivity contribution < 1.29 is 96.1 Å². The van der Waals surface area contributed by atoms with Crippen molar-refractivity contribution in [2.24, 2.45) is 16.7 Å². The number of fused-ring (bicyclic) bond motifs is 5. The van der Waals surface area contributed by atoms with Crippen LogP contribution in [0.15, 0.2) is 151 Å². The first-order valence-electron chi connectivity index (χ1n) is 37.7. The number of carbonyl (C=O) groups is 11. The summed E-state index contributed by atoms with van der Waals surface area (Å²) < 4.78 is 44.1. The molecule has 3 fully saturated rings. The van der Waals surface area contributed by atoms with Gasteiger partial charge in [-0.05, 0) is 103 Å². The number of ketones is 2. The Balaban J connectivity index is 1.01. The number of hydrogen-bond acceptors (Lipinski definition) is 19. The molecule has 22 nitrogen and oxygen atoms in total. The maximum Gasteiger partial charge on any atom is 0.350 e. The van der Waals surface area contributed by atoms with Gasteiger partial charge < -0.3 is 54.0 Å². The van der Waals surface area contributed by atoms with Gasteiger partial charge in [-0.1, -0.05) is 208 Å². The molecular weight excluding hydrogens is 1370 g/mol. The summed E-state index contributed by atoms with van der Waals surface area (Å²) in [6.07, 6.45) is 6.75. The Morgan fingerprint density at radius 3 is 1.70 bits per heavy atom. The number of anilines is 1. The van der Waals surface area contributed by atoms with Gasteiger partial charge >= 0.3 is 41.8 Å². The molecule has 0 radical (unpaired) electrons. The molecule has 1 saturated heterocycles. The van der Waals surface area contributed by atoms with E-state index in [0.29, 0.717) is 11.3 Å². The molecule has 107 heavy (non-hydrogen) atoms. The van der Waals surface area contributed by atoms with Gasteiger partial charge in [-0.3, -0.25) is 38.4 Å². The summed E-state index contributed by atoms with van der Waals surface area (Å²) in [5.41, 5.74) is -7.06. The molecule has 9 rings (SSSR count). The van der Waals surface area contributed by atoms with Crippen LogP contribution in [-0.4, -0.2) is 130 Å². The average Bonchev–Trinajstić information content (AvgIpc) is 0.666.